The summed E-state index contributed by atoms with van der Waals surface area (Å²) in [6.07, 6.45) is -1.02. The molecule has 1 aliphatic heterocycles. The minimum Gasteiger partial charge on any atom is -0.394 e. The van der Waals surface area contributed by atoms with Crippen molar-refractivity contribution in [3.63, 3.8) is 0 Å². The molecule has 1 aliphatic rings. The number of rotatable bonds is 3. The minimum absolute atomic E-state index is 0.0337. The SMILES string of the molecule is C[C@@H]1[C@H](O)[C@@H](CO)O[C@H]1n1cc(CO)c(N)nc1=O. The zero-order valence-corrected chi connectivity index (χ0v) is 10.4. The van der Waals surface area contributed by atoms with Crippen LogP contribution in [0.25, 0.3) is 0 Å². The number of aliphatic hydroxyl groups excluding tert-OH is 3. The van der Waals surface area contributed by atoms with E-state index in [0.717, 1.165) is 0 Å². The van der Waals surface area contributed by atoms with Gasteiger partial charge in [0.2, 0.25) is 0 Å². The number of aliphatic hydroxyl groups is 3. The molecule has 1 fully saturated rings. The quantitative estimate of drug-likeness (QED) is 0.510. The van der Waals surface area contributed by atoms with E-state index in [9.17, 15) is 9.90 Å². The van der Waals surface area contributed by atoms with E-state index in [-0.39, 0.29) is 19.0 Å². The summed E-state index contributed by atoms with van der Waals surface area (Å²) in [5.74, 6) is -0.430. The second kappa shape index (κ2) is 5.25. The fourth-order valence-electron chi connectivity index (χ4n) is 2.19. The van der Waals surface area contributed by atoms with Crippen LogP contribution in [0.5, 0.6) is 0 Å². The molecule has 0 aliphatic carbocycles. The Morgan fingerprint density at radius 3 is 2.74 bits per heavy atom. The maximum Gasteiger partial charge on any atom is 0.351 e. The first-order valence-electron chi connectivity index (χ1n) is 5.92. The van der Waals surface area contributed by atoms with Gasteiger partial charge in [-0.15, -0.1) is 0 Å². The molecule has 0 radical (unpaired) electrons. The van der Waals surface area contributed by atoms with Crippen LogP contribution < -0.4 is 11.4 Å². The largest absolute Gasteiger partial charge is 0.394 e. The summed E-state index contributed by atoms with van der Waals surface area (Å²) < 4.78 is 6.61. The predicted molar refractivity (Wildman–Crippen MR) is 65.0 cm³/mol. The lowest BCUT2D eigenvalue weighted by atomic mass is 10.0. The molecule has 4 atom stereocenters. The first-order valence-corrected chi connectivity index (χ1v) is 5.92. The molecular formula is C11H17N3O5. The molecule has 0 saturated carbocycles. The van der Waals surface area contributed by atoms with Crippen molar-refractivity contribution in [3.8, 4) is 0 Å². The van der Waals surface area contributed by atoms with Crippen molar-refractivity contribution in [1.29, 1.82) is 0 Å². The molecule has 8 nitrogen and oxygen atoms in total. The Bertz CT molecular complexity index is 518. The Hall–Kier alpha value is -1.48. The highest BCUT2D eigenvalue weighted by atomic mass is 16.5. The van der Waals surface area contributed by atoms with E-state index in [1.807, 2.05) is 0 Å². The van der Waals surface area contributed by atoms with Crippen LogP contribution in [0.4, 0.5) is 5.82 Å². The second-order valence-corrected chi connectivity index (χ2v) is 4.60. The average Bonchev–Trinajstić information content (AvgIpc) is 2.67. The fourth-order valence-corrected chi connectivity index (χ4v) is 2.19. The van der Waals surface area contributed by atoms with E-state index < -0.39 is 30.0 Å². The Morgan fingerprint density at radius 1 is 1.53 bits per heavy atom. The van der Waals surface area contributed by atoms with Gasteiger partial charge in [-0.1, -0.05) is 6.92 Å². The summed E-state index contributed by atoms with van der Waals surface area (Å²) in [5, 5.41) is 28.1. The van der Waals surface area contributed by atoms with Gasteiger partial charge in [-0.3, -0.25) is 4.57 Å². The number of hydrogen-bond donors (Lipinski definition) is 4. The maximum absolute atomic E-state index is 11.8. The first kappa shape index (κ1) is 13.9. The molecule has 1 aromatic rings. The van der Waals surface area contributed by atoms with Gasteiger partial charge >= 0.3 is 5.69 Å². The number of aromatic nitrogens is 2. The Balaban J connectivity index is 2.40. The van der Waals surface area contributed by atoms with Crippen LogP contribution in [0.15, 0.2) is 11.0 Å². The fraction of sp³-hybridized carbons (Fsp3) is 0.636. The lowest BCUT2D eigenvalue weighted by Gasteiger charge is -2.19. The van der Waals surface area contributed by atoms with E-state index in [1.54, 1.807) is 6.92 Å². The highest BCUT2D eigenvalue weighted by molar-refractivity contribution is 5.36. The van der Waals surface area contributed by atoms with Gasteiger partial charge in [-0.05, 0) is 0 Å². The average molecular weight is 271 g/mol. The van der Waals surface area contributed by atoms with Gasteiger partial charge in [0, 0.05) is 17.7 Å². The Kier molecular flexibility index (Phi) is 3.85. The lowest BCUT2D eigenvalue weighted by Crippen LogP contribution is -2.31. The van der Waals surface area contributed by atoms with E-state index in [2.05, 4.69) is 4.98 Å². The van der Waals surface area contributed by atoms with Crippen molar-refractivity contribution in [3.05, 3.63) is 22.2 Å². The van der Waals surface area contributed by atoms with Crippen molar-refractivity contribution < 1.29 is 20.1 Å². The normalized spacial score (nSPS) is 30.7. The second-order valence-electron chi connectivity index (χ2n) is 4.60. The monoisotopic (exact) mass is 271 g/mol. The number of nitrogen functional groups attached to an aromatic ring is 1. The molecule has 106 valence electrons. The third-order valence-electron chi connectivity index (χ3n) is 3.37. The number of ether oxygens (including phenoxy) is 1. The molecule has 0 spiro atoms. The molecule has 8 heteroatoms. The minimum atomic E-state index is -0.878. The molecule has 5 N–H and O–H groups in total. The smallest absolute Gasteiger partial charge is 0.351 e. The van der Waals surface area contributed by atoms with Gasteiger partial charge in [0.1, 0.15) is 18.1 Å². The first-order chi connectivity index (χ1) is 8.99. The Morgan fingerprint density at radius 2 is 2.21 bits per heavy atom. The summed E-state index contributed by atoms with van der Waals surface area (Å²) in [7, 11) is 0. The van der Waals surface area contributed by atoms with Gasteiger partial charge in [0.15, 0.2) is 0 Å². The summed E-state index contributed by atoms with van der Waals surface area (Å²) in [6, 6.07) is 0. The molecular weight excluding hydrogens is 254 g/mol. The molecule has 0 bridgehead atoms. The van der Waals surface area contributed by atoms with Crippen LogP contribution in [0, 0.1) is 5.92 Å². The highest BCUT2D eigenvalue weighted by Gasteiger charge is 2.42. The third kappa shape index (κ3) is 2.35. The van der Waals surface area contributed by atoms with Crippen LogP contribution in [0.3, 0.4) is 0 Å². The van der Waals surface area contributed by atoms with Crippen LogP contribution in [0.1, 0.15) is 18.7 Å². The van der Waals surface area contributed by atoms with Gasteiger partial charge < -0.3 is 25.8 Å². The molecule has 0 amide bonds. The van der Waals surface area contributed by atoms with Crippen molar-refractivity contribution in [2.75, 3.05) is 12.3 Å². The van der Waals surface area contributed by atoms with Crippen LogP contribution >= 0.6 is 0 Å². The van der Waals surface area contributed by atoms with Crippen molar-refractivity contribution in [1.82, 2.24) is 9.55 Å². The molecule has 2 rings (SSSR count). The van der Waals surface area contributed by atoms with E-state index in [4.69, 9.17) is 20.7 Å². The molecule has 1 aromatic heterocycles. The van der Waals surface area contributed by atoms with Gasteiger partial charge in [0.05, 0.1) is 19.3 Å². The number of anilines is 1. The number of hydrogen-bond acceptors (Lipinski definition) is 7. The number of nitrogens with two attached hydrogens (primary N) is 1. The summed E-state index contributed by atoms with van der Waals surface area (Å²) in [6.45, 7) is 1.00. The van der Waals surface area contributed by atoms with Crippen LogP contribution in [-0.2, 0) is 11.3 Å². The summed E-state index contributed by atoms with van der Waals surface area (Å²) in [5.41, 5.74) is 5.18. The standard InChI is InChI=1S/C11H17N3O5/c1-5-8(17)7(4-16)19-10(5)14-2-6(3-15)9(12)13-11(14)18/h2,5,7-8,10,15-17H,3-4H2,1H3,(H2,12,13,18)/t5-,7-,8+,10-/m1/s1. The third-order valence-corrected chi connectivity index (χ3v) is 3.37. The van der Waals surface area contributed by atoms with E-state index in [1.165, 1.54) is 10.8 Å². The van der Waals surface area contributed by atoms with Crippen molar-refractivity contribution in [2.24, 2.45) is 5.92 Å². The van der Waals surface area contributed by atoms with E-state index in [0.29, 0.717) is 5.56 Å². The van der Waals surface area contributed by atoms with Crippen molar-refractivity contribution >= 4 is 5.82 Å². The zero-order chi connectivity index (χ0) is 14.2. The van der Waals surface area contributed by atoms with Crippen molar-refractivity contribution in [2.45, 2.75) is 32.0 Å². The molecule has 0 unspecified atom stereocenters. The maximum atomic E-state index is 11.8. The van der Waals surface area contributed by atoms with Gasteiger partial charge in [0.25, 0.3) is 0 Å². The molecule has 0 aromatic carbocycles. The highest BCUT2D eigenvalue weighted by Crippen LogP contribution is 2.33. The van der Waals surface area contributed by atoms with E-state index >= 15 is 0 Å². The number of nitrogens with zero attached hydrogens (tertiary/aromatic N) is 2. The zero-order valence-electron chi connectivity index (χ0n) is 10.4. The molecule has 19 heavy (non-hydrogen) atoms. The summed E-state index contributed by atoms with van der Waals surface area (Å²) >= 11 is 0. The molecule has 2 heterocycles. The topological polar surface area (TPSA) is 131 Å². The molecule has 1 saturated heterocycles. The van der Waals surface area contributed by atoms with Crippen LogP contribution in [0.2, 0.25) is 0 Å². The Labute approximate surface area is 109 Å². The van der Waals surface area contributed by atoms with Gasteiger partial charge in [-0.25, -0.2) is 4.79 Å². The summed E-state index contributed by atoms with van der Waals surface area (Å²) in [4.78, 5) is 15.4. The van der Waals surface area contributed by atoms with Gasteiger partial charge in [-0.2, -0.15) is 4.98 Å². The lowest BCUT2D eigenvalue weighted by molar-refractivity contribution is -0.0477. The van der Waals surface area contributed by atoms with Crippen LogP contribution in [-0.4, -0.2) is 43.7 Å². The predicted octanol–water partition coefficient (Wildman–Crippen LogP) is -1.80.